The lowest BCUT2D eigenvalue weighted by Crippen LogP contribution is -2.51. The molecule has 1 unspecified atom stereocenters. The number of nitrogens with zero attached hydrogens (tertiary/aromatic N) is 2. The van der Waals surface area contributed by atoms with E-state index in [4.69, 9.17) is 27.7 Å². The smallest absolute Gasteiger partial charge is 0.267 e. The summed E-state index contributed by atoms with van der Waals surface area (Å²) in [5.41, 5.74) is 23.4. The van der Waals surface area contributed by atoms with Gasteiger partial charge in [-0.1, -0.05) is 24.8 Å². The average molecular weight is 603 g/mol. The molecule has 0 bridgehead atoms. The van der Waals surface area contributed by atoms with Gasteiger partial charge in [0, 0.05) is 13.1 Å². The Balaban J connectivity index is 2.67. The molecule has 0 aliphatic rings. The van der Waals surface area contributed by atoms with E-state index in [2.05, 4.69) is 37.8 Å². The van der Waals surface area contributed by atoms with Gasteiger partial charge in [-0.2, -0.15) is 0 Å². The maximum atomic E-state index is 12.9. The van der Waals surface area contributed by atoms with Crippen molar-refractivity contribution in [2.75, 3.05) is 26.2 Å². The van der Waals surface area contributed by atoms with Gasteiger partial charge < -0.3 is 48.9 Å². The van der Waals surface area contributed by atoms with Crippen molar-refractivity contribution in [3.63, 3.8) is 0 Å². The number of aliphatic imine (C=N–C) groups is 2. The van der Waals surface area contributed by atoms with E-state index in [9.17, 15) is 19.2 Å². The first-order chi connectivity index (χ1) is 20.3. The first-order valence-electron chi connectivity index (χ1n) is 13.9. The second-order valence-corrected chi connectivity index (χ2v) is 9.96. The molecule has 0 saturated carbocycles. The van der Waals surface area contributed by atoms with E-state index in [1.807, 2.05) is 32.0 Å². The van der Waals surface area contributed by atoms with E-state index in [1.165, 1.54) is 0 Å². The molecule has 238 valence electrons. The number of benzene rings is 1. The molecule has 0 saturated heterocycles. The fraction of sp³-hybridized carbons (Fsp3) is 0.500. The van der Waals surface area contributed by atoms with Crippen LogP contribution in [0.2, 0.25) is 0 Å². The third kappa shape index (κ3) is 14.7. The highest BCUT2D eigenvalue weighted by molar-refractivity contribution is 6.00. The van der Waals surface area contributed by atoms with Crippen LogP contribution in [0.5, 0.6) is 5.75 Å². The zero-order chi connectivity index (χ0) is 32.4. The van der Waals surface area contributed by atoms with Crippen LogP contribution in [-0.4, -0.2) is 80.3 Å². The summed E-state index contributed by atoms with van der Waals surface area (Å²) in [4.78, 5) is 58.2. The zero-order valence-electron chi connectivity index (χ0n) is 25.2. The summed E-state index contributed by atoms with van der Waals surface area (Å²) in [6, 6.07) is 3.50. The summed E-state index contributed by atoms with van der Waals surface area (Å²) >= 11 is 0. The van der Waals surface area contributed by atoms with Crippen LogP contribution in [0, 0.1) is 13.8 Å². The summed E-state index contributed by atoms with van der Waals surface area (Å²) in [6.45, 7) is 9.74. The predicted octanol–water partition coefficient (Wildman–Crippen LogP) is -1.43. The molecule has 15 heteroatoms. The number of rotatable bonds is 19. The molecule has 43 heavy (non-hydrogen) atoms. The number of guanidine groups is 1. The van der Waals surface area contributed by atoms with Crippen LogP contribution in [-0.2, 0) is 19.2 Å². The maximum Gasteiger partial charge on any atom is 0.267 e. The minimum absolute atomic E-state index is 0.111. The number of nitrogens with two attached hydrogens (primary N) is 4. The molecule has 4 amide bonds. The SMILES string of the molecule is C=C(NC(=O)[C@@H](N)CCCN=CN)C(=O)N[C@@H](CCCN=C(N)N)C(=O)NCC(=O)NC(C)COc1c(C)cccc1C. The normalized spacial score (nSPS) is 12.8. The number of para-hydroxylation sites is 1. The number of aryl methyl sites for hydroxylation is 2. The highest BCUT2D eigenvalue weighted by atomic mass is 16.5. The topological polar surface area (TPSA) is 254 Å². The van der Waals surface area contributed by atoms with Crippen LogP contribution in [0.1, 0.15) is 43.7 Å². The van der Waals surface area contributed by atoms with Gasteiger partial charge in [-0.3, -0.25) is 29.2 Å². The van der Waals surface area contributed by atoms with Crippen molar-refractivity contribution in [1.29, 1.82) is 0 Å². The number of ether oxygens (including phenoxy) is 1. The van der Waals surface area contributed by atoms with Gasteiger partial charge in [0.05, 0.1) is 30.7 Å². The highest BCUT2D eigenvalue weighted by Crippen LogP contribution is 2.22. The van der Waals surface area contributed by atoms with Crippen molar-refractivity contribution in [1.82, 2.24) is 21.3 Å². The van der Waals surface area contributed by atoms with Crippen molar-refractivity contribution >= 4 is 35.9 Å². The van der Waals surface area contributed by atoms with Crippen LogP contribution < -0.4 is 48.9 Å². The average Bonchev–Trinajstić information content (AvgIpc) is 2.94. The fourth-order valence-electron chi connectivity index (χ4n) is 3.82. The van der Waals surface area contributed by atoms with Crippen LogP contribution in [0.15, 0.2) is 40.5 Å². The van der Waals surface area contributed by atoms with Crippen molar-refractivity contribution in [2.24, 2.45) is 32.9 Å². The van der Waals surface area contributed by atoms with E-state index in [0.717, 1.165) is 23.2 Å². The Labute approximate surface area is 252 Å². The third-order valence-electron chi connectivity index (χ3n) is 6.08. The molecule has 3 atom stereocenters. The summed E-state index contributed by atoms with van der Waals surface area (Å²) < 4.78 is 5.87. The van der Waals surface area contributed by atoms with E-state index in [1.54, 1.807) is 6.92 Å². The van der Waals surface area contributed by atoms with Gasteiger partial charge in [-0.25, -0.2) is 0 Å². The molecule has 12 N–H and O–H groups in total. The molecule has 0 aliphatic carbocycles. The molecule has 15 nitrogen and oxygen atoms in total. The Morgan fingerprint density at radius 2 is 1.67 bits per heavy atom. The molecule has 1 aromatic rings. The van der Waals surface area contributed by atoms with Crippen LogP contribution in [0.3, 0.4) is 0 Å². The molecule has 1 rings (SSSR count). The summed E-state index contributed by atoms with van der Waals surface area (Å²) in [5, 5.41) is 10.2. The molecule has 0 aliphatic heterocycles. The van der Waals surface area contributed by atoms with Gasteiger partial charge >= 0.3 is 0 Å². The van der Waals surface area contributed by atoms with Gasteiger partial charge in [0.25, 0.3) is 5.91 Å². The molecule has 0 fully saturated rings. The van der Waals surface area contributed by atoms with Crippen LogP contribution in [0.25, 0.3) is 0 Å². The summed E-state index contributed by atoms with van der Waals surface area (Å²) in [5.74, 6) is -1.83. The summed E-state index contributed by atoms with van der Waals surface area (Å²) in [7, 11) is 0. The Morgan fingerprint density at radius 1 is 1.02 bits per heavy atom. The Kier molecular flexibility index (Phi) is 16.5. The van der Waals surface area contributed by atoms with E-state index in [-0.39, 0.29) is 43.8 Å². The molecular formula is C28H46N10O5. The largest absolute Gasteiger partial charge is 0.491 e. The van der Waals surface area contributed by atoms with Gasteiger partial charge in [0.2, 0.25) is 17.7 Å². The second kappa shape index (κ2) is 19.5. The third-order valence-corrected chi connectivity index (χ3v) is 6.08. The number of carbonyl (C=O) groups is 4. The quantitative estimate of drug-likeness (QED) is 0.0399. The highest BCUT2D eigenvalue weighted by Gasteiger charge is 2.24. The lowest BCUT2D eigenvalue weighted by molar-refractivity contribution is -0.130. The van der Waals surface area contributed by atoms with Crippen molar-refractivity contribution < 1.29 is 23.9 Å². The van der Waals surface area contributed by atoms with E-state index in [0.29, 0.717) is 25.8 Å². The lowest BCUT2D eigenvalue weighted by atomic mass is 10.1. The van der Waals surface area contributed by atoms with Crippen molar-refractivity contribution in [3.05, 3.63) is 41.6 Å². The van der Waals surface area contributed by atoms with Gasteiger partial charge in [-0.05, 0) is 57.6 Å². The van der Waals surface area contributed by atoms with Gasteiger partial charge in [-0.15, -0.1) is 0 Å². The maximum absolute atomic E-state index is 12.9. The first-order valence-corrected chi connectivity index (χ1v) is 13.9. The molecule has 0 radical (unpaired) electrons. The minimum Gasteiger partial charge on any atom is -0.491 e. The molecular weight excluding hydrogens is 556 g/mol. The summed E-state index contributed by atoms with van der Waals surface area (Å²) in [6.07, 6.45) is 2.47. The molecule has 0 aromatic heterocycles. The van der Waals surface area contributed by atoms with Gasteiger partial charge in [0.15, 0.2) is 5.96 Å². The number of amides is 4. The number of hydrogen-bond acceptors (Lipinski definition) is 8. The lowest BCUT2D eigenvalue weighted by Gasteiger charge is -2.20. The van der Waals surface area contributed by atoms with Crippen LogP contribution in [0.4, 0.5) is 0 Å². The zero-order valence-corrected chi connectivity index (χ0v) is 25.2. The Bertz CT molecular complexity index is 1150. The van der Waals surface area contributed by atoms with Gasteiger partial charge in [0.1, 0.15) is 18.4 Å². The standard InChI is InChI=1S/C28H46N10O5/c1-17-8-5-9-18(2)24(17)43-15-19(3)36-23(39)14-35-27(42)22(11-7-13-34-28(31)32)38-25(40)20(4)37-26(41)21(30)10-6-12-33-16-29/h5,8-9,16,19,21-22H,4,6-7,10-15,30H2,1-3H3,(H2,29,33)(H,35,42)(H,36,39)(H,37,41)(H,38,40)(H4,31,32,34)/t19?,21-,22-/m0/s1. The minimum atomic E-state index is -1.07. The monoisotopic (exact) mass is 602 g/mol. The van der Waals surface area contributed by atoms with Crippen molar-refractivity contribution in [2.45, 2.75) is 64.6 Å². The number of hydrogen-bond donors (Lipinski definition) is 8. The van der Waals surface area contributed by atoms with E-state index < -0.39 is 35.7 Å². The number of carbonyl (C=O) groups excluding carboxylic acids is 4. The molecule has 1 aromatic carbocycles. The van der Waals surface area contributed by atoms with Crippen molar-refractivity contribution in [3.8, 4) is 5.75 Å². The Morgan fingerprint density at radius 3 is 2.30 bits per heavy atom. The predicted molar refractivity (Wildman–Crippen MR) is 166 cm³/mol. The molecule has 0 spiro atoms. The first kappa shape index (κ1) is 36.4. The van der Waals surface area contributed by atoms with E-state index >= 15 is 0 Å². The Hall–Kier alpha value is -4.66. The fourth-order valence-corrected chi connectivity index (χ4v) is 3.82. The molecule has 0 heterocycles. The second-order valence-electron chi connectivity index (χ2n) is 9.96. The number of nitrogens with one attached hydrogen (secondary N) is 4. The van der Waals surface area contributed by atoms with Crippen LogP contribution >= 0.6 is 0 Å².